The third kappa shape index (κ3) is 2.28. The Kier molecular flexibility index (Phi) is 3.57. The van der Waals surface area contributed by atoms with Gasteiger partial charge in [-0.3, -0.25) is 0 Å². The number of hydrogen-bond acceptors (Lipinski definition) is 2. The van der Waals surface area contributed by atoms with Crippen molar-refractivity contribution in [2.45, 2.75) is 27.0 Å². The van der Waals surface area contributed by atoms with E-state index in [0.29, 0.717) is 6.61 Å². The topological polar surface area (TPSA) is 23.4 Å². The number of fused-ring (bicyclic) bond motifs is 3. The Morgan fingerprint density at radius 1 is 1.08 bits per heavy atom. The van der Waals surface area contributed by atoms with Gasteiger partial charge in [-0.1, -0.05) is 29.8 Å². The zero-order valence-corrected chi connectivity index (χ0v) is 14.3. The second-order valence-electron chi connectivity index (χ2n) is 6.16. The predicted molar refractivity (Wildman–Crippen MR) is 96.6 cm³/mol. The van der Waals surface area contributed by atoms with Gasteiger partial charge >= 0.3 is 0 Å². The first-order valence-electron chi connectivity index (χ1n) is 8.32. The van der Waals surface area contributed by atoms with Gasteiger partial charge in [0.1, 0.15) is 18.1 Å². The van der Waals surface area contributed by atoms with Crippen LogP contribution in [0.1, 0.15) is 18.1 Å². The maximum absolute atomic E-state index is 5.97. The molecule has 24 heavy (non-hydrogen) atoms. The Labute approximate surface area is 142 Å². The van der Waals surface area contributed by atoms with Crippen molar-refractivity contribution in [1.29, 1.82) is 0 Å². The van der Waals surface area contributed by atoms with Gasteiger partial charge in [0.25, 0.3) is 0 Å². The van der Waals surface area contributed by atoms with E-state index in [4.69, 9.17) is 9.47 Å². The average molecular weight is 319 g/mol. The van der Waals surface area contributed by atoms with Crippen molar-refractivity contribution in [3.05, 3.63) is 59.7 Å². The molecule has 122 valence electrons. The Morgan fingerprint density at radius 2 is 1.88 bits per heavy atom. The summed E-state index contributed by atoms with van der Waals surface area (Å²) in [7, 11) is 1.68. The molecule has 3 heteroatoms. The highest BCUT2D eigenvalue weighted by molar-refractivity contribution is 5.78. The van der Waals surface area contributed by atoms with E-state index in [2.05, 4.69) is 54.8 Å². The molecule has 2 heterocycles. The van der Waals surface area contributed by atoms with Crippen LogP contribution < -0.4 is 9.47 Å². The first-order valence-corrected chi connectivity index (χ1v) is 8.32. The van der Waals surface area contributed by atoms with Crippen molar-refractivity contribution in [2.24, 2.45) is 0 Å². The number of nitrogens with zero attached hydrogens (tertiary/aromatic N) is 1. The van der Waals surface area contributed by atoms with Crippen LogP contribution in [0.15, 0.2) is 48.5 Å². The highest BCUT2D eigenvalue weighted by atomic mass is 16.5. The van der Waals surface area contributed by atoms with Crippen LogP contribution in [0, 0.1) is 6.92 Å². The second kappa shape index (κ2) is 5.75. The van der Waals surface area contributed by atoms with Crippen molar-refractivity contribution < 1.29 is 9.47 Å². The molecule has 1 aliphatic heterocycles. The van der Waals surface area contributed by atoms with Crippen molar-refractivity contribution in [1.82, 2.24) is 4.57 Å². The summed E-state index contributed by atoms with van der Waals surface area (Å²) in [5.74, 6) is 1.72. The lowest BCUT2D eigenvalue weighted by molar-refractivity contribution is 0.299. The summed E-state index contributed by atoms with van der Waals surface area (Å²) in [5.41, 5.74) is 7.40. The molecule has 0 bridgehead atoms. The van der Waals surface area contributed by atoms with Gasteiger partial charge in [0.15, 0.2) is 0 Å². The highest BCUT2D eigenvalue weighted by Gasteiger charge is 2.24. The molecule has 3 nitrogen and oxygen atoms in total. The van der Waals surface area contributed by atoms with E-state index < -0.39 is 0 Å². The molecular weight excluding hydrogens is 298 g/mol. The van der Waals surface area contributed by atoms with Crippen molar-refractivity contribution in [2.75, 3.05) is 7.11 Å². The minimum atomic E-state index is 0.599. The van der Waals surface area contributed by atoms with E-state index in [0.717, 1.165) is 23.6 Å². The number of hydrogen-bond donors (Lipinski definition) is 0. The first-order chi connectivity index (χ1) is 11.7. The molecule has 2 aromatic carbocycles. The van der Waals surface area contributed by atoms with Gasteiger partial charge in [0.05, 0.1) is 12.8 Å². The molecule has 0 N–H and O–H groups in total. The molecule has 0 saturated carbocycles. The Morgan fingerprint density at radius 3 is 2.58 bits per heavy atom. The summed E-state index contributed by atoms with van der Waals surface area (Å²) >= 11 is 0. The molecule has 4 rings (SSSR count). The van der Waals surface area contributed by atoms with Gasteiger partial charge in [0, 0.05) is 29.4 Å². The number of benzene rings is 2. The molecule has 0 amide bonds. The van der Waals surface area contributed by atoms with E-state index in [9.17, 15) is 0 Å². The lowest BCUT2D eigenvalue weighted by Gasteiger charge is -2.21. The molecule has 0 fully saturated rings. The van der Waals surface area contributed by atoms with Gasteiger partial charge in [-0.2, -0.15) is 0 Å². The largest absolute Gasteiger partial charge is 0.497 e. The average Bonchev–Trinajstić information content (AvgIpc) is 3.00. The predicted octanol–water partition coefficient (Wildman–Crippen LogP) is 5.05. The lowest BCUT2D eigenvalue weighted by atomic mass is 10.0. The van der Waals surface area contributed by atoms with Crippen molar-refractivity contribution >= 4 is 0 Å². The fourth-order valence-electron chi connectivity index (χ4n) is 3.43. The van der Waals surface area contributed by atoms with Crippen molar-refractivity contribution in [3.63, 3.8) is 0 Å². The van der Waals surface area contributed by atoms with Gasteiger partial charge < -0.3 is 14.0 Å². The van der Waals surface area contributed by atoms with E-state index in [1.165, 1.54) is 28.1 Å². The van der Waals surface area contributed by atoms with Crippen molar-refractivity contribution in [3.8, 4) is 34.0 Å². The van der Waals surface area contributed by atoms with Crippen LogP contribution in [0.2, 0.25) is 0 Å². The zero-order chi connectivity index (χ0) is 16.7. The highest BCUT2D eigenvalue weighted by Crippen LogP contribution is 2.42. The van der Waals surface area contributed by atoms with Gasteiger partial charge in [0.2, 0.25) is 0 Å². The molecule has 0 spiro atoms. The molecule has 0 saturated heterocycles. The molecule has 0 aliphatic carbocycles. The molecule has 0 unspecified atom stereocenters. The summed E-state index contributed by atoms with van der Waals surface area (Å²) in [6.07, 6.45) is 0. The fraction of sp³-hybridized carbons (Fsp3) is 0.238. The third-order valence-electron chi connectivity index (χ3n) is 4.67. The number of aryl methyl sites for hydroxylation is 1. The maximum Gasteiger partial charge on any atom is 0.132 e. The molecule has 1 aromatic heterocycles. The van der Waals surface area contributed by atoms with Crippen LogP contribution in [0.25, 0.3) is 22.5 Å². The van der Waals surface area contributed by atoms with E-state index >= 15 is 0 Å². The number of ether oxygens (including phenoxy) is 2. The monoisotopic (exact) mass is 319 g/mol. The minimum absolute atomic E-state index is 0.599. The molecule has 0 atom stereocenters. The summed E-state index contributed by atoms with van der Waals surface area (Å²) in [4.78, 5) is 0. The zero-order valence-electron chi connectivity index (χ0n) is 14.3. The van der Waals surface area contributed by atoms with Crippen LogP contribution in [0.4, 0.5) is 0 Å². The van der Waals surface area contributed by atoms with Crippen LogP contribution in [0.3, 0.4) is 0 Å². The van der Waals surface area contributed by atoms with Crippen LogP contribution >= 0.6 is 0 Å². The van der Waals surface area contributed by atoms with Gasteiger partial charge in [-0.15, -0.1) is 0 Å². The van der Waals surface area contributed by atoms with Crippen LogP contribution in [-0.4, -0.2) is 11.7 Å². The lowest BCUT2D eigenvalue weighted by Crippen LogP contribution is -2.08. The Balaban J connectivity index is 1.90. The number of rotatable bonds is 3. The third-order valence-corrected chi connectivity index (χ3v) is 4.67. The Bertz CT molecular complexity index is 891. The summed E-state index contributed by atoms with van der Waals surface area (Å²) in [5, 5.41) is 0. The molecule has 1 aliphatic rings. The maximum atomic E-state index is 5.97. The number of aromatic nitrogens is 1. The smallest absolute Gasteiger partial charge is 0.132 e. The van der Waals surface area contributed by atoms with E-state index in [-0.39, 0.29) is 0 Å². The summed E-state index contributed by atoms with van der Waals surface area (Å²) in [6, 6.07) is 17.0. The summed E-state index contributed by atoms with van der Waals surface area (Å²) < 4.78 is 13.7. The van der Waals surface area contributed by atoms with E-state index in [1.807, 2.05) is 12.1 Å². The summed E-state index contributed by atoms with van der Waals surface area (Å²) in [6.45, 7) is 5.83. The normalized spacial score (nSPS) is 12.3. The quantitative estimate of drug-likeness (QED) is 0.674. The SMILES string of the molecule is CCn1c(-c2ccc(C)cc2)cc2c1-c1ccc(OC)cc1OC2. The minimum Gasteiger partial charge on any atom is -0.497 e. The molecule has 0 radical (unpaired) electrons. The molecular formula is C21H21NO2. The van der Waals surface area contributed by atoms with Gasteiger partial charge in [-0.25, -0.2) is 0 Å². The van der Waals surface area contributed by atoms with Gasteiger partial charge in [-0.05, 0) is 37.6 Å². The Hall–Kier alpha value is -2.68. The first kappa shape index (κ1) is 14.9. The number of methoxy groups -OCH3 is 1. The fourth-order valence-corrected chi connectivity index (χ4v) is 3.43. The van der Waals surface area contributed by atoms with Crippen LogP contribution in [0.5, 0.6) is 11.5 Å². The standard InChI is InChI=1S/C21H21NO2/c1-4-22-19(15-7-5-14(2)6-8-15)11-16-13-24-20-12-17(23-3)9-10-18(20)21(16)22/h5-12H,4,13H2,1-3H3. The van der Waals surface area contributed by atoms with Crippen LogP contribution in [-0.2, 0) is 13.2 Å². The molecule has 3 aromatic rings. The second-order valence-corrected chi connectivity index (χ2v) is 6.16. The van der Waals surface area contributed by atoms with E-state index in [1.54, 1.807) is 7.11 Å².